The van der Waals surface area contributed by atoms with Crippen molar-refractivity contribution in [3.8, 4) is 22.6 Å². The molecule has 0 spiro atoms. The number of carbonyl (C=O) groups excluding carboxylic acids is 2. The Balaban J connectivity index is 1.13. The maximum absolute atomic E-state index is 11.8. The molecule has 2 aliphatic heterocycles. The number of hydrogen-bond donors (Lipinski definition) is 2. The third-order valence-electron chi connectivity index (χ3n) is 6.89. The molecule has 2 fully saturated rings. The van der Waals surface area contributed by atoms with Gasteiger partial charge in [-0.3, -0.25) is 14.9 Å². The van der Waals surface area contributed by atoms with Crippen molar-refractivity contribution in [1.82, 2.24) is 20.6 Å². The number of piperidine rings is 1. The van der Waals surface area contributed by atoms with E-state index in [-0.39, 0.29) is 11.1 Å². The van der Waals surface area contributed by atoms with Crippen LogP contribution >= 0.6 is 11.8 Å². The van der Waals surface area contributed by atoms with Crippen LogP contribution in [0, 0.1) is 5.92 Å². The van der Waals surface area contributed by atoms with Gasteiger partial charge < -0.3 is 19.7 Å². The highest BCUT2D eigenvalue weighted by molar-refractivity contribution is 8.18. The first-order chi connectivity index (χ1) is 19.0. The molecule has 0 saturated carbocycles. The standard InChI is InChI=1S/C29H31N5O4S/c1-37-23-6-7-24(25(16-23)38-2)21-5-3-4-20(14-21)18-30-17-19-9-12-34(13-10-19)28-31-11-8-22(32-28)15-26-27(35)33-29(36)39-26/h3-8,11,14-16,19,30H,9-10,12-13,17-18H2,1-2H3,(H,33,35,36). The molecule has 1 aromatic heterocycles. The summed E-state index contributed by atoms with van der Waals surface area (Å²) in [6, 6.07) is 16.1. The van der Waals surface area contributed by atoms with Gasteiger partial charge in [-0.1, -0.05) is 18.2 Å². The third-order valence-corrected chi connectivity index (χ3v) is 7.70. The van der Waals surface area contributed by atoms with Gasteiger partial charge in [0.2, 0.25) is 5.95 Å². The number of anilines is 1. The molecule has 0 unspecified atom stereocenters. The van der Waals surface area contributed by atoms with Crippen molar-refractivity contribution in [3.63, 3.8) is 0 Å². The van der Waals surface area contributed by atoms with Gasteiger partial charge in [0.05, 0.1) is 24.8 Å². The lowest BCUT2D eigenvalue weighted by molar-refractivity contribution is -0.115. The predicted molar refractivity (Wildman–Crippen MR) is 153 cm³/mol. The largest absolute Gasteiger partial charge is 0.497 e. The highest BCUT2D eigenvalue weighted by Gasteiger charge is 2.26. The summed E-state index contributed by atoms with van der Waals surface area (Å²) < 4.78 is 10.9. The van der Waals surface area contributed by atoms with Crippen LogP contribution in [0.25, 0.3) is 17.2 Å². The summed E-state index contributed by atoms with van der Waals surface area (Å²) in [5.41, 5.74) is 3.98. The summed E-state index contributed by atoms with van der Waals surface area (Å²) >= 11 is 0.889. The van der Waals surface area contributed by atoms with Crippen LogP contribution in [0.15, 0.2) is 59.6 Å². The molecule has 10 heteroatoms. The average Bonchev–Trinajstić information content (AvgIpc) is 3.29. The van der Waals surface area contributed by atoms with E-state index in [1.807, 2.05) is 18.2 Å². The minimum absolute atomic E-state index is 0.350. The van der Waals surface area contributed by atoms with E-state index in [0.29, 0.717) is 22.5 Å². The van der Waals surface area contributed by atoms with Crippen molar-refractivity contribution >= 4 is 34.9 Å². The first-order valence-electron chi connectivity index (χ1n) is 12.9. The molecule has 2 amide bonds. The zero-order valence-corrected chi connectivity index (χ0v) is 22.8. The van der Waals surface area contributed by atoms with Crippen molar-refractivity contribution in [2.45, 2.75) is 19.4 Å². The molecule has 5 rings (SSSR count). The number of ether oxygens (including phenoxy) is 2. The lowest BCUT2D eigenvalue weighted by Gasteiger charge is -2.32. The second kappa shape index (κ2) is 12.3. The zero-order valence-electron chi connectivity index (χ0n) is 22.0. The quantitative estimate of drug-likeness (QED) is 0.376. The van der Waals surface area contributed by atoms with E-state index in [4.69, 9.17) is 9.47 Å². The number of methoxy groups -OCH3 is 2. The Labute approximate surface area is 232 Å². The molecular weight excluding hydrogens is 514 g/mol. The van der Waals surface area contributed by atoms with Gasteiger partial charge in [-0.2, -0.15) is 0 Å². The molecule has 202 valence electrons. The molecule has 9 nitrogen and oxygen atoms in total. The van der Waals surface area contributed by atoms with Crippen molar-refractivity contribution < 1.29 is 19.1 Å². The molecular formula is C29H31N5O4S. The molecule has 2 N–H and O–H groups in total. The van der Waals surface area contributed by atoms with Crippen molar-refractivity contribution in [3.05, 3.63) is 70.9 Å². The Morgan fingerprint density at radius 1 is 1.10 bits per heavy atom. The lowest BCUT2D eigenvalue weighted by atomic mass is 9.96. The lowest BCUT2D eigenvalue weighted by Crippen LogP contribution is -2.38. The minimum atomic E-state index is -0.384. The van der Waals surface area contributed by atoms with Crippen LogP contribution in [-0.4, -0.2) is 55.0 Å². The van der Waals surface area contributed by atoms with Gasteiger partial charge in [0.25, 0.3) is 11.1 Å². The third kappa shape index (κ3) is 6.58. The van der Waals surface area contributed by atoms with Crippen molar-refractivity contribution in [2.24, 2.45) is 5.92 Å². The van der Waals surface area contributed by atoms with Gasteiger partial charge in [-0.15, -0.1) is 0 Å². The van der Waals surface area contributed by atoms with E-state index >= 15 is 0 Å². The van der Waals surface area contributed by atoms with Crippen LogP contribution in [0.5, 0.6) is 11.5 Å². The molecule has 0 radical (unpaired) electrons. The van der Waals surface area contributed by atoms with E-state index in [2.05, 4.69) is 49.8 Å². The van der Waals surface area contributed by atoms with Crippen LogP contribution in [0.3, 0.4) is 0 Å². The van der Waals surface area contributed by atoms with Gasteiger partial charge in [-0.25, -0.2) is 9.97 Å². The van der Waals surface area contributed by atoms with Crippen molar-refractivity contribution in [1.29, 1.82) is 0 Å². The number of aromatic nitrogens is 2. The van der Waals surface area contributed by atoms with Gasteiger partial charge in [-0.05, 0) is 78.5 Å². The van der Waals surface area contributed by atoms with Gasteiger partial charge in [0.1, 0.15) is 11.5 Å². The number of thioether (sulfide) groups is 1. The topological polar surface area (TPSA) is 106 Å². The second-order valence-electron chi connectivity index (χ2n) is 9.46. The summed E-state index contributed by atoms with van der Waals surface area (Å²) in [7, 11) is 3.33. The van der Waals surface area contributed by atoms with Gasteiger partial charge in [0, 0.05) is 37.5 Å². The molecule has 3 heterocycles. The van der Waals surface area contributed by atoms with E-state index in [9.17, 15) is 9.59 Å². The molecule has 3 aromatic rings. The number of carbonyl (C=O) groups is 2. The molecule has 2 saturated heterocycles. The second-order valence-corrected chi connectivity index (χ2v) is 10.5. The Morgan fingerprint density at radius 3 is 2.69 bits per heavy atom. The van der Waals surface area contributed by atoms with E-state index in [0.717, 1.165) is 73.4 Å². The molecule has 0 atom stereocenters. The summed E-state index contributed by atoms with van der Waals surface area (Å²) in [6.07, 6.45) is 5.40. The predicted octanol–water partition coefficient (Wildman–Crippen LogP) is 4.49. The number of nitrogens with zero attached hydrogens (tertiary/aromatic N) is 3. The summed E-state index contributed by atoms with van der Waals surface area (Å²) in [5.74, 6) is 2.39. The fraction of sp³-hybridized carbons (Fsp3) is 0.310. The Hall–Kier alpha value is -3.89. The molecule has 2 aliphatic rings. The van der Waals surface area contributed by atoms with Gasteiger partial charge in [0.15, 0.2) is 0 Å². The number of amides is 2. The first-order valence-corrected chi connectivity index (χ1v) is 13.7. The molecule has 0 bridgehead atoms. The fourth-order valence-electron chi connectivity index (χ4n) is 4.79. The first kappa shape index (κ1) is 26.7. The highest BCUT2D eigenvalue weighted by Crippen LogP contribution is 2.33. The number of rotatable bonds is 9. The number of hydrogen-bond acceptors (Lipinski definition) is 9. The summed E-state index contributed by atoms with van der Waals surface area (Å²) in [6.45, 7) is 3.47. The Kier molecular flexibility index (Phi) is 8.43. The summed E-state index contributed by atoms with van der Waals surface area (Å²) in [4.78, 5) is 34.8. The monoisotopic (exact) mass is 545 g/mol. The maximum atomic E-state index is 11.8. The van der Waals surface area contributed by atoms with Crippen molar-refractivity contribution in [2.75, 3.05) is 38.8 Å². The number of imide groups is 1. The Morgan fingerprint density at radius 2 is 1.95 bits per heavy atom. The molecule has 2 aromatic carbocycles. The number of nitrogens with one attached hydrogen (secondary N) is 2. The maximum Gasteiger partial charge on any atom is 0.290 e. The minimum Gasteiger partial charge on any atom is -0.497 e. The van der Waals surface area contributed by atoms with Crippen LogP contribution in [0.4, 0.5) is 10.7 Å². The van der Waals surface area contributed by atoms with Crippen LogP contribution in [0.1, 0.15) is 24.1 Å². The van der Waals surface area contributed by atoms with Crippen LogP contribution in [-0.2, 0) is 11.3 Å². The SMILES string of the molecule is COc1ccc(-c2cccc(CNCC3CCN(c4nccc(C=C5SC(=O)NC5=O)n4)CC3)c2)c(OC)c1. The normalized spacial score (nSPS) is 17.0. The van der Waals surface area contributed by atoms with Gasteiger partial charge >= 0.3 is 0 Å². The van der Waals surface area contributed by atoms with Crippen LogP contribution in [0.2, 0.25) is 0 Å². The molecule has 39 heavy (non-hydrogen) atoms. The smallest absolute Gasteiger partial charge is 0.290 e. The molecule has 0 aliphatic carbocycles. The number of benzene rings is 2. The Bertz CT molecular complexity index is 1390. The van der Waals surface area contributed by atoms with E-state index in [1.165, 1.54) is 5.56 Å². The van der Waals surface area contributed by atoms with Crippen LogP contribution < -0.4 is 25.0 Å². The fourth-order valence-corrected chi connectivity index (χ4v) is 5.46. The average molecular weight is 546 g/mol. The highest BCUT2D eigenvalue weighted by atomic mass is 32.2. The summed E-state index contributed by atoms with van der Waals surface area (Å²) in [5, 5.41) is 5.54. The van der Waals surface area contributed by atoms with E-state index < -0.39 is 0 Å². The van der Waals surface area contributed by atoms with E-state index in [1.54, 1.807) is 32.6 Å². The zero-order chi connectivity index (χ0) is 27.2.